The van der Waals surface area contributed by atoms with E-state index in [1.54, 1.807) is 0 Å². The van der Waals surface area contributed by atoms with Crippen LogP contribution in [0.25, 0.3) is 0 Å². The van der Waals surface area contributed by atoms with Crippen LogP contribution in [0.1, 0.15) is 10.4 Å². The third kappa shape index (κ3) is 5.82. The maximum absolute atomic E-state index is 12.6. The van der Waals surface area contributed by atoms with E-state index in [1.165, 1.54) is 12.8 Å². The topological polar surface area (TPSA) is 97.2 Å². The number of carbonyl (C=O) groups is 1. The number of nitro groups is 1. The summed E-state index contributed by atoms with van der Waals surface area (Å²) in [6.45, 7) is 1.01. The number of rotatable bonds is 9. The van der Waals surface area contributed by atoms with Crippen LogP contribution >= 0.6 is 0 Å². The van der Waals surface area contributed by atoms with Crippen LogP contribution in [-0.4, -0.2) is 68.7 Å². The Morgan fingerprint density at radius 1 is 1.16 bits per heavy atom. The fraction of sp³-hybridized carbons (Fsp3) is 0.381. The van der Waals surface area contributed by atoms with E-state index in [2.05, 4.69) is 32.0 Å². The van der Waals surface area contributed by atoms with E-state index in [0.29, 0.717) is 6.54 Å². The summed E-state index contributed by atoms with van der Waals surface area (Å²) in [4.78, 5) is 27.6. The second-order valence-electron chi connectivity index (χ2n) is 7.08. The number of carbonyl (C=O) groups excluding carboxylic acids is 1. The van der Waals surface area contributed by atoms with Crippen LogP contribution in [0.4, 0.5) is 20.2 Å². The van der Waals surface area contributed by atoms with Gasteiger partial charge in [0.2, 0.25) is 0 Å². The van der Waals surface area contributed by atoms with Crippen molar-refractivity contribution in [2.24, 2.45) is 0 Å². The highest BCUT2D eigenvalue weighted by atomic mass is 19.3. The number of nitrogens with one attached hydrogen (secondary N) is 1. The Hall–Kier alpha value is -3.47. The summed E-state index contributed by atoms with van der Waals surface area (Å²) in [5, 5.41) is 14.0. The zero-order chi connectivity index (χ0) is 23.1. The van der Waals surface area contributed by atoms with Gasteiger partial charge in [-0.25, -0.2) is 0 Å². The average Bonchev–Trinajstić information content (AvgIpc) is 2.79. The van der Waals surface area contributed by atoms with Crippen molar-refractivity contribution in [2.45, 2.75) is 6.61 Å². The zero-order valence-corrected chi connectivity index (χ0v) is 17.5. The van der Waals surface area contributed by atoms with Gasteiger partial charge < -0.3 is 19.7 Å². The smallest absolute Gasteiger partial charge is 0.387 e. The molecule has 0 aliphatic carbocycles. The maximum Gasteiger partial charge on any atom is 0.387 e. The molecule has 172 valence electrons. The summed E-state index contributed by atoms with van der Waals surface area (Å²) in [5.41, 5.74) is 0.235. The highest BCUT2D eigenvalue weighted by Crippen LogP contribution is 2.35. The van der Waals surface area contributed by atoms with Crippen molar-refractivity contribution in [3.05, 3.63) is 58.1 Å². The Morgan fingerprint density at radius 3 is 2.44 bits per heavy atom. The summed E-state index contributed by atoms with van der Waals surface area (Å²) < 4.78 is 34.3. The molecule has 11 heteroatoms. The predicted molar refractivity (Wildman–Crippen MR) is 114 cm³/mol. The molecule has 1 heterocycles. The fourth-order valence-electron chi connectivity index (χ4n) is 3.52. The lowest BCUT2D eigenvalue weighted by Gasteiger charge is -2.36. The van der Waals surface area contributed by atoms with Gasteiger partial charge in [-0.15, -0.1) is 0 Å². The van der Waals surface area contributed by atoms with Gasteiger partial charge in [0.1, 0.15) is 5.56 Å². The van der Waals surface area contributed by atoms with Crippen molar-refractivity contribution in [1.82, 2.24) is 10.2 Å². The molecular formula is C21H24F2N4O5. The van der Waals surface area contributed by atoms with E-state index in [-0.39, 0.29) is 17.9 Å². The number of piperazine rings is 1. The molecule has 1 fully saturated rings. The van der Waals surface area contributed by atoms with Crippen molar-refractivity contribution < 1.29 is 28.0 Å². The van der Waals surface area contributed by atoms with Crippen LogP contribution in [0.3, 0.4) is 0 Å². The zero-order valence-electron chi connectivity index (χ0n) is 17.5. The van der Waals surface area contributed by atoms with Crippen molar-refractivity contribution in [3.63, 3.8) is 0 Å². The summed E-state index contributed by atoms with van der Waals surface area (Å²) in [5.74, 6) is -1.40. The molecule has 0 aromatic heterocycles. The summed E-state index contributed by atoms with van der Waals surface area (Å²) in [6.07, 6.45) is 0. The number of nitrogens with zero attached hydrogens (tertiary/aromatic N) is 3. The third-order valence-electron chi connectivity index (χ3n) is 5.15. The third-order valence-corrected chi connectivity index (χ3v) is 5.15. The number of alkyl halides is 2. The van der Waals surface area contributed by atoms with Crippen LogP contribution < -0.4 is 19.7 Å². The van der Waals surface area contributed by atoms with Gasteiger partial charge in [-0.05, 0) is 12.1 Å². The lowest BCUT2D eigenvalue weighted by Crippen LogP contribution is -2.48. The Bertz CT molecular complexity index is 937. The summed E-state index contributed by atoms with van der Waals surface area (Å²) in [6, 6.07) is 11.9. The highest BCUT2D eigenvalue weighted by molar-refractivity contribution is 5.99. The highest BCUT2D eigenvalue weighted by Gasteiger charge is 2.26. The Balaban J connectivity index is 1.57. The van der Waals surface area contributed by atoms with Gasteiger partial charge in [-0.1, -0.05) is 18.2 Å². The molecule has 32 heavy (non-hydrogen) atoms. The molecule has 1 N–H and O–H groups in total. The molecular weight excluding hydrogens is 426 g/mol. The normalized spacial score (nSPS) is 14.3. The monoisotopic (exact) mass is 450 g/mol. The first-order valence-corrected chi connectivity index (χ1v) is 10.0. The van der Waals surface area contributed by atoms with Gasteiger partial charge in [0.05, 0.1) is 18.1 Å². The molecule has 1 aliphatic rings. The number of anilines is 1. The lowest BCUT2D eigenvalue weighted by molar-refractivity contribution is -0.385. The molecule has 0 saturated carbocycles. The summed E-state index contributed by atoms with van der Waals surface area (Å²) in [7, 11) is 1.19. The SMILES string of the molecule is COc1cc(C(=O)NCCN2CCN(c3ccccc3)CC2)c([N+](=O)[O-])cc1OC(F)F. The molecule has 2 aromatic carbocycles. The van der Waals surface area contributed by atoms with Gasteiger partial charge in [0.25, 0.3) is 11.6 Å². The van der Waals surface area contributed by atoms with Gasteiger partial charge in [0, 0.05) is 51.0 Å². The first kappa shape index (κ1) is 23.2. The molecule has 0 atom stereocenters. The number of ether oxygens (including phenoxy) is 2. The quantitative estimate of drug-likeness (QED) is 0.464. The molecule has 2 aromatic rings. The number of para-hydroxylation sites is 1. The molecule has 0 radical (unpaired) electrons. The first-order chi connectivity index (χ1) is 15.4. The summed E-state index contributed by atoms with van der Waals surface area (Å²) >= 11 is 0. The Morgan fingerprint density at radius 2 is 1.84 bits per heavy atom. The number of hydrogen-bond donors (Lipinski definition) is 1. The number of hydrogen-bond acceptors (Lipinski definition) is 7. The van der Waals surface area contributed by atoms with Crippen LogP contribution in [0.15, 0.2) is 42.5 Å². The second-order valence-corrected chi connectivity index (χ2v) is 7.08. The van der Waals surface area contributed by atoms with E-state index in [9.17, 15) is 23.7 Å². The molecule has 1 aliphatic heterocycles. The van der Waals surface area contributed by atoms with Crippen LogP contribution in [-0.2, 0) is 0 Å². The predicted octanol–water partition coefficient (Wildman–Crippen LogP) is 2.76. The van der Waals surface area contributed by atoms with E-state index in [1.807, 2.05) is 18.2 Å². The molecule has 0 unspecified atom stereocenters. The van der Waals surface area contributed by atoms with Crippen molar-refractivity contribution in [1.29, 1.82) is 0 Å². The molecule has 3 rings (SSSR count). The van der Waals surface area contributed by atoms with Gasteiger partial charge in [0.15, 0.2) is 11.5 Å². The number of methoxy groups -OCH3 is 1. The van der Waals surface area contributed by atoms with Crippen LogP contribution in [0.2, 0.25) is 0 Å². The Kier molecular flexibility index (Phi) is 7.77. The molecule has 9 nitrogen and oxygen atoms in total. The molecule has 0 spiro atoms. The van der Waals surface area contributed by atoms with Gasteiger partial charge in [-0.2, -0.15) is 8.78 Å². The van der Waals surface area contributed by atoms with Crippen molar-refractivity contribution >= 4 is 17.3 Å². The Labute approximate surface area is 183 Å². The van der Waals surface area contributed by atoms with Crippen LogP contribution in [0.5, 0.6) is 11.5 Å². The van der Waals surface area contributed by atoms with Gasteiger partial charge in [-0.3, -0.25) is 19.8 Å². The van der Waals surface area contributed by atoms with E-state index >= 15 is 0 Å². The molecule has 0 bridgehead atoms. The first-order valence-electron chi connectivity index (χ1n) is 10.0. The number of amides is 1. The largest absolute Gasteiger partial charge is 0.493 e. The fourth-order valence-corrected chi connectivity index (χ4v) is 3.52. The maximum atomic E-state index is 12.6. The molecule has 1 saturated heterocycles. The standard InChI is InChI=1S/C21H24F2N4O5/c1-31-18-13-16(17(27(29)30)14-19(18)32-21(22)23)20(28)24-7-8-25-9-11-26(12-10-25)15-5-3-2-4-6-15/h2-6,13-14,21H,7-12H2,1H3,(H,24,28). The van der Waals surface area contributed by atoms with E-state index in [0.717, 1.165) is 38.3 Å². The van der Waals surface area contributed by atoms with Crippen LogP contribution in [0, 0.1) is 10.1 Å². The minimum atomic E-state index is -3.19. The van der Waals surface area contributed by atoms with E-state index < -0.39 is 28.9 Å². The second kappa shape index (κ2) is 10.7. The number of halogens is 2. The minimum absolute atomic E-state index is 0.196. The van der Waals surface area contributed by atoms with Gasteiger partial charge >= 0.3 is 6.61 Å². The number of benzene rings is 2. The molecule has 1 amide bonds. The van der Waals surface area contributed by atoms with Crippen molar-refractivity contribution in [2.75, 3.05) is 51.3 Å². The number of nitro benzene ring substituents is 1. The van der Waals surface area contributed by atoms with E-state index in [4.69, 9.17) is 4.74 Å². The minimum Gasteiger partial charge on any atom is -0.493 e. The lowest BCUT2D eigenvalue weighted by atomic mass is 10.1. The van der Waals surface area contributed by atoms with Crippen molar-refractivity contribution in [3.8, 4) is 11.5 Å². The average molecular weight is 450 g/mol.